The third-order valence-electron chi connectivity index (χ3n) is 1.46. The van der Waals surface area contributed by atoms with Crippen LogP contribution in [0.15, 0.2) is 0 Å². The zero-order chi connectivity index (χ0) is 6.85. The van der Waals surface area contributed by atoms with E-state index in [1.807, 2.05) is 0 Å². The molecule has 0 amide bonds. The largest absolute Gasteiger partial charge is 0.462 e. The molecule has 1 heterocycles. The average Bonchev–Trinajstić information content (AvgIpc) is 2.13. The number of hydrogen-bond donors (Lipinski definition) is 0. The van der Waals surface area contributed by atoms with Crippen LogP contribution in [0.4, 0.5) is 0 Å². The molecule has 0 radical (unpaired) electrons. The van der Waals surface area contributed by atoms with Gasteiger partial charge in [-0.05, 0) is 10.9 Å². The van der Waals surface area contributed by atoms with Crippen LogP contribution in [-0.4, -0.2) is 30.3 Å². The van der Waals surface area contributed by atoms with Crippen molar-refractivity contribution >= 4 is 16.9 Å². The molecule has 1 saturated heterocycles. The number of rotatable bonds is 1. The highest BCUT2D eigenvalue weighted by atomic mass is 32.2. The zero-order valence-corrected chi connectivity index (χ0v) is 6.53. The number of hydrogen-bond acceptors (Lipinski definition) is 2. The van der Waals surface area contributed by atoms with Crippen LogP contribution < -0.4 is 0 Å². The summed E-state index contributed by atoms with van der Waals surface area (Å²) in [6.07, 6.45) is 5.09. The van der Waals surface area contributed by atoms with Gasteiger partial charge in [0.05, 0.1) is 19.1 Å². The maximum absolute atomic E-state index is 10.8. The van der Waals surface area contributed by atoms with Gasteiger partial charge in [0, 0.05) is 6.42 Å². The van der Waals surface area contributed by atoms with E-state index in [9.17, 15) is 4.79 Å². The molecule has 0 aliphatic carbocycles. The highest BCUT2D eigenvalue weighted by Gasteiger charge is 2.36. The highest BCUT2D eigenvalue weighted by molar-refractivity contribution is 7.96. The van der Waals surface area contributed by atoms with Crippen molar-refractivity contribution in [2.75, 3.05) is 19.1 Å². The Morgan fingerprint density at radius 3 is 2.56 bits per heavy atom. The molecule has 0 aromatic carbocycles. The summed E-state index contributed by atoms with van der Waals surface area (Å²) in [5, 5.41) is 0.199. The van der Waals surface area contributed by atoms with Gasteiger partial charge in [0.25, 0.3) is 0 Å². The molecule has 0 aromatic heterocycles. The van der Waals surface area contributed by atoms with Crippen LogP contribution in [0.2, 0.25) is 0 Å². The molecule has 1 aliphatic rings. The lowest BCUT2D eigenvalue weighted by atomic mass is 10.4. The van der Waals surface area contributed by atoms with Crippen LogP contribution >= 0.6 is 0 Å². The third kappa shape index (κ3) is 1.39. The van der Waals surface area contributed by atoms with Crippen LogP contribution in [0.1, 0.15) is 6.42 Å². The molecule has 1 rings (SSSR count). The Kier molecular flexibility index (Phi) is 2.01. The second kappa shape index (κ2) is 2.60. The molecule has 1 aliphatic heterocycles. The van der Waals surface area contributed by atoms with E-state index in [1.165, 1.54) is 0 Å². The fraction of sp³-hybridized carbons (Fsp3) is 0.833. The highest BCUT2D eigenvalue weighted by Crippen LogP contribution is 2.13. The molecular weight excluding hydrogens is 136 g/mol. The molecule has 1 atom stereocenters. The monoisotopic (exact) mass is 147 g/mol. The molecule has 52 valence electrons. The lowest BCUT2D eigenvalue weighted by Gasteiger charge is -1.98. The van der Waals surface area contributed by atoms with Gasteiger partial charge in [-0.2, -0.15) is 0 Å². The molecule has 3 heteroatoms. The Morgan fingerprint density at radius 2 is 2.33 bits per heavy atom. The second-order valence-electron chi connectivity index (χ2n) is 2.32. The first-order valence-electron chi connectivity index (χ1n) is 2.95. The average molecular weight is 147 g/mol. The molecule has 0 bridgehead atoms. The Bertz CT molecular complexity index is 122. The van der Waals surface area contributed by atoms with Crippen LogP contribution in [0.3, 0.4) is 0 Å². The lowest BCUT2D eigenvalue weighted by molar-refractivity contribution is -0.137. The van der Waals surface area contributed by atoms with Crippen molar-refractivity contribution < 1.29 is 9.53 Å². The van der Waals surface area contributed by atoms with Gasteiger partial charge in [-0.1, -0.05) is 0 Å². The van der Waals surface area contributed by atoms with Gasteiger partial charge in [-0.15, -0.1) is 0 Å². The summed E-state index contributed by atoms with van der Waals surface area (Å²) in [5.41, 5.74) is 0. The number of cyclic esters (lactones) is 1. The van der Waals surface area contributed by atoms with E-state index < -0.39 is 0 Å². The van der Waals surface area contributed by atoms with Crippen molar-refractivity contribution in [1.82, 2.24) is 0 Å². The fourth-order valence-electron chi connectivity index (χ4n) is 0.906. The van der Waals surface area contributed by atoms with E-state index in [4.69, 9.17) is 4.74 Å². The Balaban J connectivity index is 2.49. The number of esters is 1. The normalized spacial score (nSPS) is 27.0. The van der Waals surface area contributed by atoms with E-state index in [0.717, 1.165) is 6.42 Å². The maximum atomic E-state index is 10.8. The summed E-state index contributed by atoms with van der Waals surface area (Å²) >= 11 is 0. The number of carbonyl (C=O) groups excluding carboxylic acids is 1. The molecule has 0 spiro atoms. The summed E-state index contributed by atoms with van der Waals surface area (Å²) in [6.45, 7) is 0.634. The van der Waals surface area contributed by atoms with Gasteiger partial charge in [0.1, 0.15) is 0 Å². The maximum Gasteiger partial charge on any atom is 0.359 e. The summed E-state index contributed by atoms with van der Waals surface area (Å²) < 4.78 is 4.79. The Hall–Kier alpha value is -0.180. The number of carbonyl (C=O) groups is 1. The minimum absolute atomic E-state index is 0.00309. The second-order valence-corrected chi connectivity index (χ2v) is 4.65. The molecule has 2 nitrogen and oxygen atoms in total. The van der Waals surface area contributed by atoms with Crippen molar-refractivity contribution in [2.45, 2.75) is 11.7 Å². The van der Waals surface area contributed by atoms with Crippen molar-refractivity contribution in [3.63, 3.8) is 0 Å². The van der Waals surface area contributed by atoms with Crippen LogP contribution in [0.5, 0.6) is 0 Å². The zero-order valence-electron chi connectivity index (χ0n) is 5.72. The van der Waals surface area contributed by atoms with Gasteiger partial charge in [0.2, 0.25) is 5.25 Å². The van der Waals surface area contributed by atoms with Crippen molar-refractivity contribution in [3.05, 3.63) is 0 Å². The predicted octanol–water partition coefficient (Wildman–Crippen LogP) is 0.180. The van der Waals surface area contributed by atoms with E-state index in [2.05, 4.69) is 12.5 Å². The molecule has 9 heavy (non-hydrogen) atoms. The molecule has 1 unspecified atom stereocenters. The molecule has 0 saturated carbocycles. The SMILES string of the molecule is C[S+](C)C1CCOC1=O. The van der Waals surface area contributed by atoms with Crippen molar-refractivity contribution in [3.8, 4) is 0 Å². The summed E-state index contributed by atoms with van der Waals surface area (Å²) in [6, 6.07) is 0. The summed E-state index contributed by atoms with van der Waals surface area (Å²) in [7, 11) is 0.204. The predicted molar refractivity (Wildman–Crippen MR) is 38.6 cm³/mol. The quantitative estimate of drug-likeness (QED) is 0.390. The van der Waals surface area contributed by atoms with E-state index in [0.29, 0.717) is 6.61 Å². The minimum atomic E-state index is 0.00309. The first-order valence-corrected chi connectivity index (χ1v) is 5.05. The van der Waals surface area contributed by atoms with Gasteiger partial charge < -0.3 is 4.74 Å². The smallest absolute Gasteiger partial charge is 0.359 e. The summed E-state index contributed by atoms with van der Waals surface area (Å²) in [5.74, 6) is 0.00309. The van der Waals surface area contributed by atoms with E-state index >= 15 is 0 Å². The van der Waals surface area contributed by atoms with Gasteiger partial charge in [-0.25, -0.2) is 4.79 Å². The molecule has 1 fully saturated rings. The topological polar surface area (TPSA) is 26.3 Å². The van der Waals surface area contributed by atoms with Gasteiger partial charge in [-0.3, -0.25) is 0 Å². The fourth-order valence-corrected chi connectivity index (χ4v) is 1.93. The third-order valence-corrected chi connectivity index (χ3v) is 3.02. The van der Waals surface area contributed by atoms with E-state index in [1.54, 1.807) is 0 Å². The lowest BCUT2D eigenvalue weighted by Crippen LogP contribution is -2.23. The first kappa shape index (κ1) is 6.93. The molecule has 0 N–H and O–H groups in total. The van der Waals surface area contributed by atoms with Gasteiger partial charge in [0.15, 0.2) is 0 Å². The van der Waals surface area contributed by atoms with Crippen molar-refractivity contribution in [1.29, 1.82) is 0 Å². The van der Waals surface area contributed by atoms with Crippen molar-refractivity contribution in [2.24, 2.45) is 0 Å². The van der Waals surface area contributed by atoms with Gasteiger partial charge >= 0.3 is 5.97 Å². The molecule has 0 aromatic rings. The first-order chi connectivity index (χ1) is 4.22. The Morgan fingerprint density at radius 1 is 1.67 bits per heavy atom. The minimum Gasteiger partial charge on any atom is -0.462 e. The summed E-state index contributed by atoms with van der Waals surface area (Å²) in [4.78, 5) is 10.8. The molecular formula is C6H11O2S+. The number of ether oxygens (including phenoxy) is 1. The van der Waals surface area contributed by atoms with Crippen LogP contribution in [0.25, 0.3) is 0 Å². The van der Waals surface area contributed by atoms with Crippen LogP contribution in [0, 0.1) is 0 Å². The van der Waals surface area contributed by atoms with E-state index in [-0.39, 0.29) is 22.1 Å². The standard InChI is InChI=1S/C6H11O2S/c1-9(2)5-3-4-8-6(5)7/h5H,3-4H2,1-2H3/q+1. The Labute approximate surface area is 57.9 Å². The van der Waals surface area contributed by atoms with Crippen LogP contribution in [-0.2, 0) is 20.4 Å².